The first-order chi connectivity index (χ1) is 7.45. The number of hydrogen-bond acceptors (Lipinski definition) is 5. The molecule has 0 aromatic rings. The first-order valence-electron chi connectivity index (χ1n) is 4.98. The van der Waals surface area contributed by atoms with E-state index < -0.39 is 6.04 Å². The van der Waals surface area contributed by atoms with E-state index in [1.165, 1.54) is 14.0 Å². The van der Waals surface area contributed by atoms with E-state index in [9.17, 15) is 9.59 Å². The van der Waals surface area contributed by atoms with Gasteiger partial charge in [-0.15, -0.1) is 0 Å². The summed E-state index contributed by atoms with van der Waals surface area (Å²) in [5.74, 6) is -0.698. The lowest BCUT2D eigenvalue weighted by molar-refractivity contribution is -0.147. The van der Waals surface area contributed by atoms with Crippen molar-refractivity contribution in [3.63, 3.8) is 0 Å². The third kappa shape index (κ3) is 2.91. The summed E-state index contributed by atoms with van der Waals surface area (Å²) < 4.78 is 9.76. The monoisotopic (exact) mass is 245 g/mol. The Morgan fingerprint density at radius 2 is 2.00 bits per heavy atom. The molecule has 5 nitrogen and oxygen atoms in total. The molecular weight excluding hydrogens is 230 g/mol. The zero-order chi connectivity index (χ0) is 12.3. The second kappa shape index (κ2) is 5.25. The fourth-order valence-electron chi connectivity index (χ4n) is 1.83. The summed E-state index contributed by atoms with van der Waals surface area (Å²) in [5.41, 5.74) is 0. The van der Waals surface area contributed by atoms with Gasteiger partial charge in [-0.3, -0.25) is 4.79 Å². The molecule has 90 valence electrons. The number of ether oxygens (including phenoxy) is 2. The molecule has 0 aromatic heterocycles. The minimum absolute atomic E-state index is 0.292. The Morgan fingerprint density at radius 3 is 2.44 bits per heavy atom. The van der Waals surface area contributed by atoms with Crippen LogP contribution in [0, 0.1) is 0 Å². The highest BCUT2D eigenvalue weighted by Gasteiger charge is 2.39. The Morgan fingerprint density at radius 1 is 1.38 bits per heavy atom. The number of carbonyl (C=O) groups is 2. The van der Waals surface area contributed by atoms with Gasteiger partial charge in [-0.2, -0.15) is 0 Å². The second-order valence-electron chi connectivity index (χ2n) is 3.68. The molecular formula is C10H15NO4S. The van der Waals surface area contributed by atoms with Gasteiger partial charge in [-0.1, -0.05) is 12.2 Å². The van der Waals surface area contributed by atoms with Crippen molar-refractivity contribution >= 4 is 29.1 Å². The van der Waals surface area contributed by atoms with Crippen LogP contribution in [0.25, 0.3) is 0 Å². The van der Waals surface area contributed by atoms with Crippen molar-refractivity contribution in [2.45, 2.75) is 32.4 Å². The third-order valence-electron chi connectivity index (χ3n) is 2.47. The van der Waals surface area contributed by atoms with Gasteiger partial charge in [0, 0.05) is 13.3 Å². The van der Waals surface area contributed by atoms with E-state index in [1.54, 1.807) is 11.8 Å². The number of rotatable bonds is 2. The summed E-state index contributed by atoms with van der Waals surface area (Å²) in [7, 11) is 1.33. The van der Waals surface area contributed by atoms with Crippen LogP contribution in [0.5, 0.6) is 0 Å². The van der Waals surface area contributed by atoms with Crippen LogP contribution in [0.1, 0.15) is 20.3 Å². The molecule has 0 aliphatic carbocycles. The van der Waals surface area contributed by atoms with Gasteiger partial charge in [0.15, 0.2) is 0 Å². The number of likely N-dealkylation sites (tertiary alicyclic amines) is 1. The second-order valence-corrected chi connectivity index (χ2v) is 4.27. The Hall–Kier alpha value is -1.17. The Labute approximate surface area is 99.7 Å². The van der Waals surface area contributed by atoms with Gasteiger partial charge in [0.05, 0.1) is 18.6 Å². The maximum Gasteiger partial charge on any atom is 0.328 e. The van der Waals surface area contributed by atoms with E-state index in [2.05, 4.69) is 4.74 Å². The smallest absolute Gasteiger partial charge is 0.328 e. The fourth-order valence-corrected chi connectivity index (χ4v) is 2.03. The van der Waals surface area contributed by atoms with Gasteiger partial charge in [0.25, 0.3) is 0 Å². The van der Waals surface area contributed by atoms with Crippen LogP contribution in [-0.4, -0.2) is 47.6 Å². The Bertz CT molecular complexity index is 318. The molecule has 0 radical (unpaired) electrons. The minimum Gasteiger partial charge on any atom is -0.467 e. The highest BCUT2D eigenvalue weighted by molar-refractivity contribution is 7.80. The van der Waals surface area contributed by atoms with Crippen LogP contribution in [0.4, 0.5) is 0 Å². The van der Waals surface area contributed by atoms with Gasteiger partial charge in [0.1, 0.15) is 12.1 Å². The number of hydrogen-bond donors (Lipinski definition) is 0. The van der Waals surface area contributed by atoms with E-state index in [-0.39, 0.29) is 18.0 Å². The van der Waals surface area contributed by atoms with Gasteiger partial charge < -0.3 is 14.4 Å². The molecule has 1 fully saturated rings. The zero-order valence-corrected chi connectivity index (χ0v) is 10.4. The van der Waals surface area contributed by atoms with Crippen molar-refractivity contribution in [1.29, 1.82) is 0 Å². The SMILES string of the molecule is COC(=O)[C@@H]1C[C@@H](OC(C)=O)CN1C(C)=S. The molecule has 0 N–H and O–H groups in total. The molecule has 0 amide bonds. The summed E-state index contributed by atoms with van der Waals surface area (Å²) in [6, 6.07) is -0.438. The first-order valence-corrected chi connectivity index (χ1v) is 5.38. The number of carbonyl (C=O) groups excluding carboxylic acids is 2. The van der Waals surface area contributed by atoms with Crippen molar-refractivity contribution < 1.29 is 19.1 Å². The van der Waals surface area contributed by atoms with Gasteiger partial charge in [-0.05, 0) is 6.92 Å². The zero-order valence-electron chi connectivity index (χ0n) is 9.56. The molecule has 6 heteroatoms. The lowest BCUT2D eigenvalue weighted by Gasteiger charge is -2.22. The van der Waals surface area contributed by atoms with Gasteiger partial charge in [-0.25, -0.2) is 4.79 Å². The average molecular weight is 245 g/mol. The maximum absolute atomic E-state index is 11.5. The standard InChI is InChI=1S/C10H15NO4S/c1-6(16)11-5-8(15-7(2)12)4-9(11)10(13)14-3/h8-9H,4-5H2,1-3H3/t8-,9+/m1/s1. The predicted molar refractivity (Wildman–Crippen MR) is 61.0 cm³/mol. The summed E-state index contributed by atoms with van der Waals surface area (Å²) >= 11 is 5.04. The van der Waals surface area contributed by atoms with E-state index >= 15 is 0 Å². The Kier molecular flexibility index (Phi) is 4.23. The molecule has 16 heavy (non-hydrogen) atoms. The van der Waals surface area contributed by atoms with Crippen molar-refractivity contribution in [3.05, 3.63) is 0 Å². The summed E-state index contributed by atoms with van der Waals surface area (Å²) in [4.78, 5) is 24.7. The van der Waals surface area contributed by atoms with Crippen LogP contribution in [0.3, 0.4) is 0 Å². The van der Waals surface area contributed by atoms with Crippen molar-refractivity contribution in [2.24, 2.45) is 0 Å². The molecule has 0 aromatic carbocycles. The summed E-state index contributed by atoms with van der Waals surface area (Å²) in [5, 5.41) is 0. The number of nitrogens with zero attached hydrogens (tertiary/aromatic N) is 1. The average Bonchev–Trinajstić information content (AvgIpc) is 2.59. The largest absolute Gasteiger partial charge is 0.467 e. The molecule has 0 saturated carbocycles. The van der Waals surface area contributed by atoms with Crippen LogP contribution >= 0.6 is 12.2 Å². The number of thiocarbonyl (C=S) groups is 1. The fraction of sp³-hybridized carbons (Fsp3) is 0.700. The van der Waals surface area contributed by atoms with Gasteiger partial charge >= 0.3 is 11.9 Å². The summed E-state index contributed by atoms with van der Waals surface area (Å²) in [6.45, 7) is 3.54. The van der Waals surface area contributed by atoms with Gasteiger partial charge in [0.2, 0.25) is 0 Å². The maximum atomic E-state index is 11.5. The van der Waals surface area contributed by atoms with Crippen LogP contribution in [0.2, 0.25) is 0 Å². The van der Waals surface area contributed by atoms with Crippen molar-refractivity contribution in [3.8, 4) is 0 Å². The highest BCUT2D eigenvalue weighted by Crippen LogP contribution is 2.22. The molecule has 0 bridgehead atoms. The molecule has 1 rings (SSSR count). The van der Waals surface area contributed by atoms with Crippen LogP contribution in [-0.2, 0) is 19.1 Å². The highest BCUT2D eigenvalue weighted by atomic mass is 32.1. The lowest BCUT2D eigenvalue weighted by Crippen LogP contribution is -2.39. The number of methoxy groups -OCH3 is 1. The summed E-state index contributed by atoms with van der Waals surface area (Å²) in [6.07, 6.45) is 0.139. The van der Waals surface area contributed by atoms with Crippen LogP contribution in [0.15, 0.2) is 0 Å². The van der Waals surface area contributed by atoms with E-state index in [0.29, 0.717) is 18.0 Å². The molecule has 1 aliphatic rings. The molecule has 0 unspecified atom stereocenters. The van der Waals surface area contributed by atoms with E-state index in [1.807, 2.05) is 0 Å². The first kappa shape index (κ1) is 12.9. The quantitative estimate of drug-likeness (QED) is 0.522. The minimum atomic E-state index is -0.438. The molecule has 2 atom stereocenters. The van der Waals surface area contributed by atoms with Crippen molar-refractivity contribution in [2.75, 3.05) is 13.7 Å². The molecule has 1 saturated heterocycles. The third-order valence-corrected chi connectivity index (χ3v) is 2.71. The molecule has 0 spiro atoms. The normalized spacial score (nSPS) is 24.1. The van der Waals surface area contributed by atoms with E-state index in [4.69, 9.17) is 17.0 Å². The lowest BCUT2D eigenvalue weighted by atomic mass is 10.2. The van der Waals surface area contributed by atoms with E-state index in [0.717, 1.165) is 0 Å². The van der Waals surface area contributed by atoms with Crippen molar-refractivity contribution in [1.82, 2.24) is 4.90 Å². The van der Waals surface area contributed by atoms with Crippen LogP contribution < -0.4 is 0 Å². The topological polar surface area (TPSA) is 55.8 Å². The number of esters is 2. The molecule has 1 heterocycles. The molecule has 1 aliphatic heterocycles. The Balaban J connectivity index is 2.71. The predicted octanol–water partition coefficient (Wildman–Crippen LogP) is 0.513.